The lowest BCUT2D eigenvalue weighted by atomic mass is 10.1. The van der Waals surface area contributed by atoms with Crippen LogP contribution in [0.1, 0.15) is 18.4 Å². The first-order valence-electron chi connectivity index (χ1n) is 5.12. The molecule has 0 radical (unpaired) electrons. The first kappa shape index (κ1) is 13.9. The van der Waals surface area contributed by atoms with Crippen LogP contribution in [0.4, 0.5) is 5.69 Å². The van der Waals surface area contributed by atoms with Crippen molar-refractivity contribution in [3.8, 4) is 0 Å². The van der Waals surface area contributed by atoms with Gasteiger partial charge in [-0.15, -0.1) is 0 Å². The number of carbonyl (C=O) groups is 1. The molecule has 0 aliphatic carbocycles. The number of amides is 1. The Bertz CT molecular complexity index is 437. The molecule has 0 saturated carbocycles. The minimum atomic E-state index is -0.294. The summed E-state index contributed by atoms with van der Waals surface area (Å²) in [7, 11) is 0. The maximum absolute atomic E-state index is 10.6. The smallest absolute Gasteiger partial charge is 0.217 e. The average molecular weight is 316 g/mol. The van der Waals surface area contributed by atoms with Gasteiger partial charge in [-0.3, -0.25) is 4.79 Å². The van der Waals surface area contributed by atoms with Gasteiger partial charge in [0.25, 0.3) is 0 Å². The molecule has 0 spiro atoms. The molecular formula is C11H14BrN3OS. The number of anilines is 1. The summed E-state index contributed by atoms with van der Waals surface area (Å²) in [4.78, 5) is 10.9. The number of carbonyl (C=O) groups excluding carboxylic acids is 1. The van der Waals surface area contributed by atoms with E-state index in [0.717, 1.165) is 15.7 Å². The van der Waals surface area contributed by atoms with Gasteiger partial charge in [0, 0.05) is 28.7 Å². The number of rotatable bonds is 6. The highest BCUT2D eigenvalue weighted by Gasteiger charge is 2.05. The number of benzene rings is 1. The Balaban J connectivity index is 2.64. The van der Waals surface area contributed by atoms with Gasteiger partial charge in [0.2, 0.25) is 5.91 Å². The molecule has 0 bridgehead atoms. The number of hydrogen-bond donors (Lipinski definition) is 3. The number of halogens is 1. The lowest BCUT2D eigenvalue weighted by molar-refractivity contribution is -0.118. The summed E-state index contributed by atoms with van der Waals surface area (Å²) in [5.74, 6) is -0.294. The highest BCUT2D eigenvalue weighted by molar-refractivity contribution is 9.10. The minimum Gasteiger partial charge on any atom is -0.389 e. The number of hydrogen-bond acceptors (Lipinski definition) is 3. The molecule has 17 heavy (non-hydrogen) atoms. The van der Waals surface area contributed by atoms with E-state index in [1.165, 1.54) is 0 Å². The lowest BCUT2D eigenvalue weighted by Gasteiger charge is -2.11. The van der Waals surface area contributed by atoms with Gasteiger partial charge in [0.15, 0.2) is 0 Å². The maximum atomic E-state index is 10.6. The Morgan fingerprint density at radius 1 is 1.41 bits per heavy atom. The number of nitrogens with two attached hydrogens (primary N) is 2. The van der Waals surface area contributed by atoms with Crippen molar-refractivity contribution in [1.82, 2.24) is 0 Å². The number of primary amides is 1. The summed E-state index contributed by atoms with van der Waals surface area (Å²) in [5.41, 5.74) is 12.3. The van der Waals surface area contributed by atoms with Gasteiger partial charge < -0.3 is 16.8 Å². The Kier molecular flexibility index (Phi) is 5.37. The molecular weight excluding hydrogens is 302 g/mol. The Morgan fingerprint density at radius 2 is 2.12 bits per heavy atom. The van der Waals surface area contributed by atoms with E-state index in [4.69, 9.17) is 23.7 Å². The van der Waals surface area contributed by atoms with Crippen LogP contribution in [0.25, 0.3) is 0 Å². The van der Waals surface area contributed by atoms with Gasteiger partial charge in [-0.05, 0) is 24.6 Å². The van der Waals surface area contributed by atoms with E-state index >= 15 is 0 Å². The standard InChI is InChI=1S/C11H14BrN3OS/c12-7-3-4-9(8(6-7)11(14)17)15-5-1-2-10(13)16/h3-4,6,15H,1-2,5H2,(H2,13,16)(H2,14,17). The van der Waals surface area contributed by atoms with Crippen molar-refractivity contribution in [3.05, 3.63) is 28.2 Å². The van der Waals surface area contributed by atoms with E-state index < -0.39 is 0 Å². The van der Waals surface area contributed by atoms with Crippen LogP contribution in [-0.4, -0.2) is 17.4 Å². The van der Waals surface area contributed by atoms with Gasteiger partial charge >= 0.3 is 0 Å². The molecule has 0 heterocycles. The van der Waals surface area contributed by atoms with Crippen molar-refractivity contribution in [3.63, 3.8) is 0 Å². The minimum absolute atomic E-state index is 0.294. The molecule has 1 aromatic carbocycles. The quantitative estimate of drug-likeness (QED) is 0.552. The van der Waals surface area contributed by atoms with Crippen LogP contribution in [0.3, 0.4) is 0 Å². The first-order chi connectivity index (χ1) is 8.00. The van der Waals surface area contributed by atoms with E-state index in [9.17, 15) is 4.79 Å². The molecule has 6 heteroatoms. The third kappa shape index (κ3) is 4.70. The van der Waals surface area contributed by atoms with Gasteiger partial charge in [-0.25, -0.2) is 0 Å². The second-order valence-electron chi connectivity index (χ2n) is 3.55. The van der Waals surface area contributed by atoms with Crippen molar-refractivity contribution >= 4 is 44.7 Å². The summed E-state index contributed by atoms with van der Waals surface area (Å²) in [6, 6.07) is 5.65. The second kappa shape index (κ2) is 6.56. The average Bonchev–Trinajstić information content (AvgIpc) is 2.25. The van der Waals surface area contributed by atoms with E-state index in [-0.39, 0.29) is 5.91 Å². The van der Waals surface area contributed by atoms with Crippen molar-refractivity contribution < 1.29 is 4.79 Å². The molecule has 0 atom stereocenters. The molecule has 92 valence electrons. The van der Waals surface area contributed by atoms with Crippen molar-refractivity contribution in [2.24, 2.45) is 11.5 Å². The van der Waals surface area contributed by atoms with Crippen molar-refractivity contribution in [1.29, 1.82) is 0 Å². The number of thiocarbonyl (C=S) groups is 1. The third-order valence-electron chi connectivity index (χ3n) is 2.16. The van der Waals surface area contributed by atoms with Crippen molar-refractivity contribution in [2.75, 3.05) is 11.9 Å². The summed E-state index contributed by atoms with van der Waals surface area (Å²) in [6.07, 6.45) is 1.05. The van der Waals surface area contributed by atoms with E-state index in [1.54, 1.807) is 0 Å². The molecule has 0 unspecified atom stereocenters. The Labute approximate surface area is 114 Å². The van der Waals surface area contributed by atoms with E-state index in [1.807, 2.05) is 18.2 Å². The van der Waals surface area contributed by atoms with Crippen LogP contribution >= 0.6 is 28.1 Å². The molecule has 0 aliphatic heterocycles. The highest BCUT2D eigenvalue weighted by Crippen LogP contribution is 2.21. The van der Waals surface area contributed by atoms with E-state index in [0.29, 0.717) is 24.4 Å². The van der Waals surface area contributed by atoms with Gasteiger partial charge in [0.05, 0.1) is 0 Å². The molecule has 0 aliphatic rings. The second-order valence-corrected chi connectivity index (χ2v) is 4.91. The zero-order valence-corrected chi connectivity index (χ0v) is 11.6. The van der Waals surface area contributed by atoms with Gasteiger partial charge in [0.1, 0.15) is 4.99 Å². The van der Waals surface area contributed by atoms with Gasteiger partial charge in [-0.1, -0.05) is 28.1 Å². The Hall–Kier alpha value is -1.14. The fraction of sp³-hybridized carbons (Fsp3) is 0.273. The van der Waals surface area contributed by atoms with Crippen molar-refractivity contribution in [2.45, 2.75) is 12.8 Å². The maximum Gasteiger partial charge on any atom is 0.217 e. The summed E-state index contributed by atoms with van der Waals surface area (Å²) >= 11 is 8.33. The van der Waals surface area contributed by atoms with E-state index in [2.05, 4.69) is 21.2 Å². The fourth-order valence-electron chi connectivity index (χ4n) is 1.36. The predicted molar refractivity (Wildman–Crippen MR) is 76.9 cm³/mol. The Morgan fingerprint density at radius 3 is 2.71 bits per heavy atom. The predicted octanol–water partition coefficient (Wildman–Crippen LogP) is 1.76. The molecule has 0 saturated heterocycles. The largest absolute Gasteiger partial charge is 0.389 e. The summed E-state index contributed by atoms with van der Waals surface area (Å²) in [6.45, 7) is 0.653. The van der Waals surface area contributed by atoms with Crippen LogP contribution in [0, 0.1) is 0 Å². The molecule has 0 aromatic heterocycles. The van der Waals surface area contributed by atoms with Crippen LogP contribution in [-0.2, 0) is 4.79 Å². The zero-order chi connectivity index (χ0) is 12.8. The number of nitrogens with one attached hydrogen (secondary N) is 1. The van der Waals surface area contributed by atoms with Gasteiger partial charge in [-0.2, -0.15) is 0 Å². The lowest BCUT2D eigenvalue weighted by Crippen LogP contribution is -2.15. The van der Waals surface area contributed by atoms with Crippen LogP contribution in [0.5, 0.6) is 0 Å². The summed E-state index contributed by atoms with van der Waals surface area (Å²) < 4.78 is 0.919. The highest BCUT2D eigenvalue weighted by atomic mass is 79.9. The molecule has 1 rings (SSSR count). The van der Waals surface area contributed by atoms with Crippen LogP contribution < -0.4 is 16.8 Å². The summed E-state index contributed by atoms with van der Waals surface area (Å²) in [5, 5.41) is 3.18. The van der Waals surface area contributed by atoms with Crippen LogP contribution in [0.2, 0.25) is 0 Å². The topological polar surface area (TPSA) is 81.1 Å². The first-order valence-corrected chi connectivity index (χ1v) is 6.32. The van der Waals surface area contributed by atoms with Crippen LogP contribution in [0.15, 0.2) is 22.7 Å². The fourth-order valence-corrected chi connectivity index (χ4v) is 1.89. The molecule has 1 amide bonds. The SMILES string of the molecule is NC(=O)CCCNc1ccc(Br)cc1C(N)=S. The molecule has 4 nitrogen and oxygen atoms in total. The third-order valence-corrected chi connectivity index (χ3v) is 2.88. The zero-order valence-electron chi connectivity index (χ0n) is 9.20. The molecule has 1 aromatic rings. The molecule has 5 N–H and O–H groups in total. The monoisotopic (exact) mass is 315 g/mol. The normalized spacial score (nSPS) is 9.94. The molecule has 0 fully saturated rings.